The van der Waals surface area contributed by atoms with E-state index in [9.17, 15) is 9.59 Å². The Morgan fingerprint density at radius 3 is 1.97 bits per heavy atom. The van der Waals surface area contributed by atoms with Crippen molar-refractivity contribution in [2.24, 2.45) is 0 Å². The summed E-state index contributed by atoms with van der Waals surface area (Å²) in [5.74, 6) is -0.251. The van der Waals surface area contributed by atoms with Gasteiger partial charge in [0.1, 0.15) is 0 Å². The van der Waals surface area contributed by atoms with Gasteiger partial charge in [-0.15, -0.1) is 0 Å². The van der Waals surface area contributed by atoms with Gasteiger partial charge in [-0.3, -0.25) is 14.5 Å². The minimum absolute atomic E-state index is 0.114. The van der Waals surface area contributed by atoms with E-state index in [0.717, 1.165) is 27.9 Å². The lowest BCUT2D eigenvalue weighted by Crippen LogP contribution is -2.40. The van der Waals surface area contributed by atoms with Crippen molar-refractivity contribution < 1.29 is 9.59 Å². The molecule has 2 N–H and O–H groups in total. The zero-order chi connectivity index (χ0) is 22.9. The quantitative estimate of drug-likeness (QED) is 0.534. The fourth-order valence-electron chi connectivity index (χ4n) is 3.76. The molecule has 0 unspecified atom stereocenters. The molecule has 0 aromatic heterocycles. The minimum Gasteiger partial charge on any atom is -0.348 e. The molecule has 0 fully saturated rings. The predicted molar refractivity (Wildman–Crippen MR) is 130 cm³/mol. The Bertz CT molecular complexity index is 1020. The van der Waals surface area contributed by atoms with Crippen molar-refractivity contribution in [3.05, 3.63) is 101 Å². The highest BCUT2D eigenvalue weighted by molar-refractivity contribution is 5.94. The van der Waals surface area contributed by atoms with Crippen molar-refractivity contribution in [1.82, 2.24) is 10.2 Å². The van der Waals surface area contributed by atoms with Crippen molar-refractivity contribution in [2.45, 2.75) is 26.3 Å². The van der Waals surface area contributed by atoms with Crippen LogP contribution in [-0.4, -0.2) is 36.9 Å². The first kappa shape index (κ1) is 23.2. The average Bonchev–Trinajstić information content (AvgIpc) is 2.77. The molecule has 0 aliphatic rings. The van der Waals surface area contributed by atoms with E-state index >= 15 is 0 Å². The van der Waals surface area contributed by atoms with Gasteiger partial charge in [0, 0.05) is 5.69 Å². The molecule has 0 saturated carbocycles. The van der Waals surface area contributed by atoms with E-state index < -0.39 is 0 Å². The van der Waals surface area contributed by atoms with Crippen LogP contribution in [0.4, 0.5) is 5.69 Å². The van der Waals surface area contributed by atoms with Crippen LogP contribution in [0.25, 0.3) is 0 Å². The molecule has 166 valence electrons. The van der Waals surface area contributed by atoms with Crippen LogP contribution in [0, 0.1) is 13.8 Å². The van der Waals surface area contributed by atoms with Crippen molar-refractivity contribution in [1.29, 1.82) is 0 Å². The molecule has 0 heterocycles. The number of benzene rings is 3. The number of hydrogen-bond acceptors (Lipinski definition) is 3. The largest absolute Gasteiger partial charge is 0.348 e. The molecule has 1 atom stereocenters. The van der Waals surface area contributed by atoms with Gasteiger partial charge in [0.15, 0.2) is 0 Å². The normalized spacial score (nSPS) is 11.8. The lowest BCUT2D eigenvalue weighted by atomic mass is 9.99. The van der Waals surface area contributed by atoms with Gasteiger partial charge in [0.05, 0.1) is 19.1 Å². The van der Waals surface area contributed by atoms with Gasteiger partial charge < -0.3 is 10.6 Å². The highest BCUT2D eigenvalue weighted by Gasteiger charge is 2.18. The topological polar surface area (TPSA) is 61.4 Å². The number of hydrogen-bond donors (Lipinski definition) is 2. The van der Waals surface area contributed by atoms with Gasteiger partial charge in [0.25, 0.3) is 0 Å². The smallest absolute Gasteiger partial charge is 0.238 e. The van der Waals surface area contributed by atoms with E-state index in [1.165, 1.54) is 0 Å². The summed E-state index contributed by atoms with van der Waals surface area (Å²) in [5, 5.41) is 6.11. The Morgan fingerprint density at radius 2 is 1.34 bits per heavy atom. The van der Waals surface area contributed by atoms with E-state index in [-0.39, 0.29) is 30.9 Å². The molecular formula is C27H31N3O2. The lowest BCUT2D eigenvalue weighted by molar-refractivity contribution is -0.123. The second-order valence-electron chi connectivity index (χ2n) is 8.21. The Kier molecular flexibility index (Phi) is 8.17. The van der Waals surface area contributed by atoms with Gasteiger partial charge in [-0.05, 0) is 49.6 Å². The number of para-hydroxylation sites is 1. The molecule has 3 aromatic rings. The van der Waals surface area contributed by atoms with Gasteiger partial charge in [-0.25, -0.2) is 0 Å². The summed E-state index contributed by atoms with van der Waals surface area (Å²) in [7, 11) is 1.78. The van der Waals surface area contributed by atoms with Crippen LogP contribution in [0.3, 0.4) is 0 Å². The molecular weight excluding hydrogens is 398 g/mol. The van der Waals surface area contributed by atoms with E-state index in [1.54, 1.807) is 11.9 Å². The summed E-state index contributed by atoms with van der Waals surface area (Å²) in [6.45, 7) is 4.21. The molecule has 32 heavy (non-hydrogen) atoms. The van der Waals surface area contributed by atoms with Gasteiger partial charge in [-0.1, -0.05) is 78.9 Å². The third-order valence-electron chi connectivity index (χ3n) is 5.39. The zero-order valence-corrected chi connectivity index (χ0v) is 19.0. The van der Waals surface area contributed by atoms with Crippen LogP contribution in [0.2, 0.25) is 0 Å². The van der Waals surface area contributed by atoms with E-state index in [1.807, 2.05) is 80.6 Å². The average molecular weight is 430 g/mol. The maximum absolute atomic E-state index is 12.8. The van der Waals surface area contributed by atoms with Crippen LogP contribution in [0.15, 0.2) is 78.9 Å². The van der Waals surface area contributed by atoms with Crippen LogP contribution < -0.4 is 10.6 Å². The fourth-order valence-corrected chi connectivity index (χ4v) is 3.76. The number of aryl methyl sites for hydroxylation is 2. The maximum Gasteiger partial charge on any atom is 0.238 e. The highest BCUT2D eigenvalue weighted by atomic mass is 16.2. The van der Waals surface area contributed by atoms with Crippen molar-refractivity contribution in [3.8, 4) is 0 Å². The van der Waals surface area contributed by atoms with E-state index in [0.29, 0.717) is 6.42 Å². The first-order valence-electron chi connectivity index (χ1n) is 10.8. The highest BCUT2D eigenvalue weighted by Crippen LogP contribution is 2.20. The van der Waals surface area contributed by atoms with Gasteiger partial charge in [0.2, 0.25) is 11.8 Å². The molecule has 3 rings (SSSR count). The van der Waals surface area contributed by atoms with Crippen molar-refractivity contribution in [3.63, 3.8) is 0 Å². The Morgan fingerprint density at radius 1 is 0.781 bits per heavy atom. The van der Waals surface area contributed by atoms with E-state index in [2.05, 4.69) is 22.8 Å². The van der Waals surface area contributed by atoms with Crippen molar-refractivity contribution in [2.75, 3.05) is 25.5 Å². The summed E-state index contributed by atoms with van der Waals surface area (Å²) in [6, 6.07) is 25.8. The molecule has 0 radical (unpaired) electrons. The molecule has 0 aliphatic heterocycles. The Labute approximate surface area is 190 Å². The maximum atomic E-state index is 12.8. The SMILES string of the molecule is Cc1cccc(C)c1NC(=O)CN(C)CC(=O)N[C@H](Cc1ccccc1)c1ccccc1. The summed E-state index contributed by atoms with van der Waals surface area (Å²) in [4.78, 5) is 27.0. The first-order valence-corrected chi connectivity index (χ1v) is 10.8. The summed E-state index contributed by atoms with van der Waals surface area (Å²) in [5.41, 5.74) is 5.08. The number of anilines is 1. The second kappa shape index (κ2) is 11.3. The Balaban J connectivity index is 1.58. The number of carbonyl (C=O) groups is 2. The number of nitrogens with zero attached hydrogens (tertiary/aromatic N) is 1. The number of carbonyl (C=O) groups excluding carboxylic acids is 2. The van der Waals surface area contributed by atoms with E-state index in [4.69, 9.17) is 0 Å². The zero-order valence-electron chi connectivity index (χ0n) is 19.0. The van der Waals surface area contributed by atoms with Crippen LogP contribution in [0.1, 0.15) is 28.3 Å². The first-order chi connectivity index (χ1) is 15.4. The number of amides is 2. The Hall–Kier alpha value is -3.44. The molecule has 2 amide bonds. The fraction of sp³-hybridized carbons (Fsp3) is 0.259. The molecule has 0 bridgehead atoms. The summed E-state index contributed by atoms with van der Waals surface area (Å²) < 4.78 is 0. The minimum atomic E-state index is -0.137. The standard InChI is InChI=1S/C27H31N3O2/c1-20-11-10-12-21(2)27(20)29-26(32)19-30(3)18-25(31)28-24(23-15-8-5-9-16-23)17-22-13-6-4-7-14-22/h4-16,24H,17-19H2,1-3H3,(H,28,31)(H,29,32)/t24-/m1/s1. The third-order valence-corrected chi connectivity index (χ3v) is 5.39. The van der Waals surface area contributed by atoms with Crippen LogP contribution in [0.5, 0.6) is 0 Å². The van der Waals surface area contributed by atoms with Gasteiger partial charge >= 0.3 is 0 Å². The molecule has 0 saturated heterocycles. The summed E-state index contributed by atoms with van der Waals surface area (Å²) in [6.07, 6.45) is 0.702. The molecule has 0 aliphatic carbocycles. The third kappa shape index (κ3) is 6.79. The summed E-state index contributed by atoms with van der Waals surface area (Å²) >= 11 is 0. The van der Waals surface area contributed by atoms with Gasteiger partial charge in [-0.2, -0.15) is 0 Å². The molecule has 5 nitrogen and oxygen atoms in total. The monoisotopic (exact) mass is 429 g/mol. The predicted octanol–water partition coefficient (Wildman–Crippen LogP) is 4.27. The number of likely N-dealkylation sites (N-methyl/N-ethyl adjacent to an activating group) is 1. The van der Waals surface area contributed by atoms with Crippen LogP contribution in [-0.2, 0) is 16.0 Å². The molecule has 3 aromatic carbocycles. The number of rotatable bonds is 9. The van der Waals surface area contributed by atoms with Crippen molar-refractivity contribution >= 4 is 17.5 Å². The molecule has 5 heteroatoms. The van der Waals surface area contributed by atoms with Crippen LogP contribution >= 0.6 is 0 Å². The second-order valence-corrected chi connectivity index (χ2v) is 8.21. The number of nitrogens with one attached hydrogen (secondary N) is 2. The molecule has 0 spiro atoms. The lowest BCUT2D eigenvalue weighted by Gasteiger charge is -2.22.